The molecule has 0 N–H and O–H groups in total. The summed E-state index contributed by atoms with van der Waals surface area (Å²) < 4.78 is 0. The molecule has 17 heavy (non-hydrogen) atoms. The molecule has 3 nitrogen and oxygen atoms in total. The molecule has 0 spiro atoms. The van der Waals surface area contributed by atoms with Crippen LogP contribution in [0.3, 0.4) is 0 Å². The highest BCUT2D eigenvalue weighted by molar-refractivity contribution is 5.09. The fourth-order valence-electron chi connectivity index (χ4n) is 2.65. The highest BCUT2D eigenvalue weighted by Crippen LogP contribution is 2.29. The molecule has 0 saturated carbocycles. The Morgan fingerprint density at radius 2 is 1.82 bits per heavy atom. The van der Waals surface area contributed by atoms with Crippen LogP contribution in [0.5, 0.6) is 0 Å². The predicted molar refractivity (Wildman–Crippen MR) is 71.8 cm³/mol. The minimum atomic E-state index is -0.226. The van der Waals surface area contributed by atoms with E-state index in [-0.39, 0.29) is 5.54 Å². The molecule has 1 fully saturated rings. The molecule has 0 aromatic heterocycles. The topological polar surface area (TPSA) is 30.3 Å². The zero-order valence-corrected chi connectivity index (χ0v) is 11.9. The van der Waals surface area contributed by atoms with E-state index in [0.29, 0.717) is 5.92 Å². The van der Waals surface area contributed by atoms with E-state index < -0.39 is 0 Å². The van der Waals surface area contributed by atoms with Crippen molar-refractivity contribution in [1.29, 1.82) is 5.26 Å². The molecule has 98 valence electrons. The van der Waals surface area contributed by atoms with Crippen LogP contribution < -0.4 is 0 Å². The fraction of sp³-hybridized carbons (Fsp3) is 0.929. The Morgan fingerprint density at radius 3 is 2.24 bits per heavy atom. The van der Waals surface area contributed by atoms with Gasteiger partial charge in [-0.1, -0.05) is 27.2 Å². The second kappa shape index (κ2) is 6.37. The molecule has 1 aliphatic heterocycles. The number of likely N-dealkylation sites (N-methyl/N-ethyl adjacent to an activating group) is 1. The standard InChI is InChI=1S/C14H27N3/c1-5-13(3)11-14(6-2,12-15)17-9-7-16(4)8-10-17/h13H,5-11H2,1-4H3. The SMILES string of the molecule is CCC(C)CC(C#N)(CC)N1CCN(C)CC1. The lowest BCUT2D eigenvalue weighted by Gasteiger charge is -2.44. The van der Waals surface area contributed by atoms with Crippen LogP contribution in [0.2, 0.25) is 0 Å². The van der Waals surface area contributed by atoms with Crippen LogP contribution in [-0.4, -0.2) is 48.6 Å². The Kier molecular flexibility index (Phi) is 5.42. The summed E-state index contributed by atoms with van der Waals surface area (Å²) in [4.78, 5) is 4.76. The molecule has 1 saturated heterocycles. The third kappa shape index (κ3) is 3.43. The van der Waals surface area contributed by atoms with E-state index in [9.17, 15) is 5.26 Å². The van der Waals surface area contributed by atoms with Gasteiger partial charge in [0.05, 0.1) is 6.07 Å². The van der Waals surface area contributed by atoms with Crippen LogP contribution in [0.1, 0.15) is 40.0 Å². The van der Waals surface area contributed by atoms with E-state index >= 15 is 0 Å². The second-order valence-corrected chi connectivity index (χ2v) is 5.50. The monoisotopic (exact) mass is 237 g/mol. The van der Waals surface area contributed by atoms with Gasteiger partial charge in [0, 0.05) is 26.2 Å². The van der Waals surface area contributed by atoms with Gasteiger partial charge in [0.15, 0.2) is 0 Å². The Balaban J connectivity index is 2.73. The minimum absolute atomic E-state index is 0.226. The predicted octanol–water partition coefficient (Wildman–Crippen LogP) is 2.34. The van der Waals surface area contributed by atoms with Crippen molar-refractivity contribution >= 4 is 0 Å². The summed E-state index contributed by atoms with van der Waals surface area (Å²) in [7, 11) is 2.16. The lowest BCUT2D eigenvalue weighted by Crippen LogP contribution is -2.56. The normalized spacial score (nSPS) is 23.9. The molecular weight excluding hydrogens is 210 g/mol. The Bertz CT molecular complexity index is 263. The number of hydrogen-bond acceptors (Lipinski definition) is 3. The molecule has 0 aromatic carbocycles. The summed E-state index contributed by atoms with van der Waals surface area (Å²) in [5.74, 6) is 0.634. The van der Waals surface area contributed by atoms with Crippen molar-refractivity contribution in [3.05, 3.63) is 0 Å². The zero-order chi connectivity index (χ0) is 12.9. The van der Waals surface area contributed by atoms with Gasteiger partial charge in [-0.2, -0.15) is 5.26 Å². The van der Waals surface area contributed by atoms with Crippen molar-refractivity contribution in [2.24, 2.45) is 5.92 Å². The first-order chi connectivity index (χ1) is 8.07. The van der Waals surface area contributed by atoms with Crippen molar-refractivity contribution in [1.82, 2.24) is 9.80 Å². The molecule has 0 amide bonds. The number of nitrogens with zero attached hydrogens (tertiary/aromatic N) is 3. The first kappa shape index (κ1) is 14.5. The van der Waals surface area contributed by atoms with Gasteiger partial charge in [0.2, 0.25) is 0 Å². The van der Waals surface area contributed by atoms with Crippen LogP contribution in [0.15, 0.2) is 0 Å². The maximum atomic E-state index is 9.63. The third-order valence-electron chi connectivity index (χ3n) is 4.28. The molecule has 1 aliphatic rings. The fourth-order valence-corrected chi connectivity index (χ4v) is 2.65. The van der Waals surface area contributed by atoms with Crippen molar-refractivity contribution < 1.29 is 0 Å². The van der Waals surface area contributed by atoms with Crippen LogP contribution in [0.25, 0.3) is 0 Å². The Morgan fingerprint density at radius 1 is 1.24 bits per heavy atom. The van der Waals surface area contributed by atoms with Gasteiger partial charge in [-0.05, 0) is 25.8 Å². The number of rotatable bonds is 5. The van der Waals surface area contributed by atoms with Gasteiger partial charge in [0.1, 0.15) is 5.54 Å². The minimum Gasteiger partial charge on any atom is -0.304 e. The second-order valence-electron chi connectivity index (χ2n) is 5.50. The van der Waals surface area contributed by atoms with Crippen molar-refractivity contribution in [3.8, 4) is 6.07 Å². The lowest BCUT2D eigenvalue weighted by molar-refractivity contribution is 0.0559. The molecule has 2 unspecified atom stereocenters. The van der Waals surface area contributed by atoms with Crippen LogP contribution in [0, 0.1) is 17.2 Å². The summed E-state index contributed by atoms with van der Waals surface area (Å²) in [6.45, 7) is 10.9. The van der Waals surface area contributed by atoms with E-state index in [1.165, 1.54) is 0 Å². The highest BCUT2D eigenvalue weighted by Gasteiger charge is 2.37. The summed E-state index contributed by atoms with van der Waals surface area (Å²) in [6, 6.07) is 2.62. The third-order valence-corrected chi connectivity index (χ3v) is 4.28. The van der Waals surface area contributed by atoms with Gasteiger partial charge >= 0.3 is 0 Å². The average Bonchev–Trinajstić information content (AvgIpc) is 2.37. The molecule has 0 aromatic rings. The maximum absolute atomic E-state index is 9.63. The molecule has 0 radical (unpaired) electrons. The lowest BCUT2D eigenvalue weighted by atomic mass is 9.84. The number of nitriles is 1. The van der Waals surface area contributed by atoms with Crippen LogP contribution in [0.4, 0.5) is 0 Å². The molecule has 3 heteroatoms. The van der Waals surface area contributed by atoms with Gasteiger partial charge in [-0.15, -0.1) is 0 Å². The van der Waals surface area contributed by atoms with E-state index in [1.54, 1.807) is 0 Å². The van der Waals surface area contributed by atoms with Crippen molar-refractivity contribution in [2.45, 2.75) is 45.6 Å². The van der Waals surface area contributed by atoms with Crippen molar-refractivity contribution in [2.75, 3.05) is 33.2 Å². The van der Waals surface area contributed by atoms with Gasteiger partial charge in [0.25, 0.3) is 0 Å². The highest BCUT2D eigenvalue weighted by atomic mass is 15.3. The van der Waals surface area contributed by atoms with Gasteiger partial charge in [-0.25, -0.2) is 0 Å². The molecule has 0 bridgehead atoms. The van der Waals surface area contributed by atoms with E-state index in [1.807, 2.05) is 0 Å². The van der Waals surface area contributed by atoms with E-state index in [0.717, 1.165) is 45.4 Å². The largest absolute Gasteiger partial charge is 0.304 e. The summed E-state index contributed by atoms with van der Waals surface area (Å²) in [5, 5.41) is 9.63. The zero-order valence-electron chi connectivity index (χ0n) is 11.9. The average molecular weight is 237 g/mol. The number of hydrogen-bond donors (Lipinski definition) is 0. The summed E-state index contributed by atoms with van der Waals surface area (Å²) >= 11 is 0. The molecule has 2 atom stereocenters. The molecule has 1 rings (SSSR count). The molecular formula is C14H27N3. The quantitative estimate of drug-likeness (QED) is 0.735. The van der Waals surface area contributed by atoms with Crippen LogP contribution >= 0.6 is 0 Å². The van der Waals surface area contributed by atoms with E-state index in [4.69, 9.17) is 0 Å². The van der Waals surface area contributed by atoms with Crippen LogP contribution in [-0.2, 0) is 0 Å². The van der Waals surface area contributed by atoms with Crippen molar-refractivity contribution in [3.63, 3.8) is 0 Å². The maximum Gasteiger partial charge on any atom is 0.109 e. The Hall–Kier alpha value is -0.590. The first-order valence-electron chi connectivity index (χ1n) is 6.92. The molecule has 1 heterocycles. The Labute approximate surface area is 106 Å². The summed E-state index contributed by atoms with van der Waals surface area (Å²) in [5.41, 5.74) is -0.226. The summed E-state index contributed by atoms with van der Waals surface area (Å²) in [6.07, 6.45) is 3.12. The van der Waals surface area contributed by atoms with Gasteiger partial charge < -0.3 is 4.90 Å². The molecule has 0 aliphatic carbocycles. The smallest absolute Gasteiger partial charge is 0.109 e. The van der Waals surface area contributed by atoms with E-state index in [2.05, 4.69) is 43.7 Å². The number of piperazine rings is 1. The first-order valence-corrected chi connectivity index (χ1v) is 6.92. The van der Waals surface area contributed by atoms with Gasteiger partial charge in [-0.3, -0.25) is 4.90 Å².